The van der Waals surface area contributed by atoms with Gasteiger partial charge in [-0.25, -0.2) is 0 Å². The molecule has 0 spiro atoms. The van der Waals surface area contributed by atoms with E-state index >= 15 is 0 Å². The molecule has 2 aliphatic carbocycles. The summed E-state index contributed by atoms with van der Waals surface area (Å²) in [5.41, 5.74) is -0.627. The molecule has 4 aliphatic rings. The maximum Gasteiger partial charge on any atom is 0.0918 e. The molecule has 0 aromatic carbocycles. The van der Waals surface area contributed by atoms with Crippen molar-refractivity contribution in [3.63, 3.8) is 0 Å². The van der Waals surface area contributed by atoms with Gasteiger partial charge in [-0.05, 0) is 121 Å². The zero-order valence-corrected chi connectivity index (χ0v) is 23.4. The zero-order chi connectivity index (χ0) is 26.0. The van der Waals surface area contributed by atoms with Crippen molar-refractivity contribution in [2.45, 2.75) is 154 Å². The van der Waals surface area contributed by atoms with Crippen molar-refractivity contribution in [3.8, 4) is 0 Å². The van der Waals surface area contributed by atoms with E-state index in [-0.39, 0.29) is 29.1 Å². The first-order chi connectivity index (χ1) is 16.0. The van der Waals surface area contributed by atoms with Crippen LogP contribution in [-0.2, 0) is 9.47 Å². The summed E-state index contributed by atoms with van der Waals surface area (Å²) in [6, 6.07) is 0. The van der Waals surface area contributed by atoms with Gasteiger partial charge in [0.2, 0.25) is 0 Å². The van der Waals surface area contributed by atoms with Crippen molar-refractivity contribution in [1.82, 2.24) is 0 Å². The molecule has 0 radical (unpaired) electrons. The van der Waals surface area contributed by atoms with E-state index in [2.05, 4.69) is 20.4 Å². The van der Waals surface area contributed by atoms with Gasteiger partial charge in [0.15, 0.2) is 0 Å². The Balaban J connectivity index is 1.38. The molecule has 0 aromatic heterocycles. The van der Waals surface area contributed by atoms with Crippen molar-refractivity contribution in [2.24, 2.45) is 22.7 Å². The van der Waals surface area contributed by atoms with Crippen molar-refractivity contribution in [1.29, 1.82) is 0 Å². The Labute approximate surface area is 213 Å². The summed E-state index contributed by atoms with van der Waals surface area (Å²) in [7, 11) is 0. The highest BCUT2D eigenvalue weighted by Gasteiger charge is 2.61. The highest BCUT2D eigenvalue weighted by Crippen LogP contribution is 2.66. The summed E-state index contributed by atoms with van der Waals surface area (Å²) >= 11 is 0. The second-order valence-corrected chi connectivity index (χ2v) is 14.4. The molecule has 5 nitrogen and oxygen atoms in total. The van der Waals surface area contributed by atoms with E-state index in [9.17, 15) is 15.3 Å². The Morgan fingerprint density at radius 3 is 2.09 bits per heavy atom. The Bertz CT molecular complexity index is 796. The van der Waals surface area contributed by atoms with Crippen molar-refractivity contribution >= 4 is 0 Å². The van der Waals surface area contributed by atoms with E-state index in [4.69, 9.17) is 9.47 Å². The molecule has 9 atom stereocenters. The molecule has 2 saturated heterocycles. The molecule has 0 bridgehead atoms. The van der Waals surface area contributed by atoms with Crippen LogP contribution in [0.25, 0.3) is 0 Å². The van der Waals surface area contributed by atoms with Gasteiger partial charge in [0.25, 0.3) is 0 Å². The molecule has 35 heavy (non-hydrogen) atoms. The summed E-state index contributed by atoms with van der Waals surface area (Å²) in [4.78, 5) is 0. The molecule has 5 heteroatoms. The number of hydrogen-bond acceptors (Lipinski definition) is 5. The normalized spacial score (nSPS) is 45.1. The summed E-state index contributed by atoms with van der Waals surface area (Å²) in [6.07, 6.45) is 8.97. The van der Waals surface area contributed by atoms with E-state index < -0.39 is 22.9 Å². The smallest absolute Gasteiger partial charge is 0.0918 e. The molecule has 9 unspecified atom stereocenters. The fraction of sp³-hybridized carbons (Fsp3) is 0.933. The predicted molar refractivity (Wildman–Crippen MR) is 139 cm³/mol. The van der Waals surface area contributed by atoms with E-state index in [1.165, 1.54) is 18.4 Å². The van der Waals surface area contributed by atoms with E-state index in [1.807, 2.05) is 20.8 Å². The maximum atomic E-state index is 11.1. The minimum absolute atomic E-state index is 0.0752. The van der Waals surface area contributed by atoms with Gasteiger partial charge < -0.3 is 24.8 Å². The fourth-order valence-electron chi connectivity index (χ4n) is 8.53. The number of allylic oxidation sites excluding steroid dienone is 1. The van der Waals surface area contributed by atoms with Gasteiger partial charge in [0.1, 0.15) is 0 Å². The van der Waals surface area contributed by atoms with Crippen LogP contribution in [0.3, 0.4) is 0 Å². The van der Waals surface area contributed by atoms with Gasteiger partial charge >= 0.3 is 0 Å². The highest BCUT2D eigenvalue weighted by molar-refractivity contribution is 5.18. The summed E-state index contributed by atoms with van der Waals surface area (Å²) in [5, 5.41) is 32.0. The van der Waals surface area contributed by atoms with Crippen LogP contribution in [0.4, 0.5) is 0 Å². The second-order valence-electron chi connectivity index (χ2n) is 14.4. The molecule has 3 N–H and O–H groups in total. The lowest BCUT2D eigenvalue weighted by Gasteiger charge is -2.58. The third-order valence-electron chi connectivity index (χ3n) is 10.9. The Morgan fingerprint density at radius 2 is 1.49 bits per heavy atom. The van der Waals surface area contributed by atoms with Gasteiger partial charge in [0.05, 0.1) is 41.2 Å². The standard InChI is InChI=1S/C30H52O5/c1-19(9-12-22(31)30(8)18-15-24(35-30)27(4,5)33)20-10-11-21-28(20,6)16-14-25-29(21,7)17-13-23(34-25)26(2,3)32/h20-25,31-33H,1,9-18H2,2-8H3. The van der Waals surface area contributed by atoms with Crippen LogP contribution in [0.15, 0.2) is 12.2 Å². The van der Waals surface area contributed by atoms with Crippen LogP contribution in [0.5, 0.6) is 0 Å². The lowest BCUT2D eigenvalue weighted by molar-refractivity contribution is -0.225. The molecular formula is C30H52O5. The minimum Gasteiger partial charge on any atom is -0.390 e. The molecular weight excluding hydrogens is 440 g/mol. The van der Waals surface area contributed by atoms with Gasteiger partial charge in [0, 0.05) is 0 Å². The van der Waals surface area contributed by atoms with Crippen molar-refractivity contribution < 1.29 is 24.8 Å². The first kappa shape index (κ1) is 27.6. The number of aliphatic hydroxyl groups is 3. The SMILES string of the molecule is C=C(CCC(O)C1(C)CCC(C(C)(C)O)O1)C1CCC2C3(C)CCC(C(C)(C)O)OC3CCC12C. The van der Waals surface area contributed by atoms with Gasteiger partial charge in [-0.15, -0.1) is 0 Å². The van der Waals surface area contributed by atoms with Crippen LogP contribution < -0.4 is 0 Å². The van der Waals surface area contributed by atoms with Crippen LogP contribution in [0, 0.1) is 22.7 Å². The van der Waals surface area contributed by atoms with Crippen molar-refractivity contribution in [3.05, 3.63) is 12.2 Å². The summed E-state index contributed by atoms with van der Waals surface area (Å²) in [6.45, 7) is 18.8. The second kappa shape index (κ2) is 9.08. The number of rotatable bonds is 7. The van der Waals surface area contributed by atoms with Crippen molar-refractivity contribution in [2.75, 3.05) is 0 Å². The van der Waals surface area contributed by atoms with Gasteiger partial charge in [-0.3, -0.25) is 0 Å². The first-order valence-corrected chi connectivity index (χ1v) is 14.1. The van der Waals surface area contributed by atoms with Crippen LogP contribution in [0.1, 0.15) is 113 Å². The molecule has 0 amide bonds. The fourth-order valence-corrected chi connectivity index (χ4v) is 8.53. The lowest BCUT2D eigenvalue weighted by atomic mass is 9.51. The Morgan fingerprint density at radius 1 is 0.886 bits per heavy atom. The number of fused-ring (bicyclic) bond motifs is 3. The quantitative estimate of drug-likeness (QED) is 0.407. The van der Waals surface area contributed by atoms with E-state index in [0.29, 0.717) is 18.3 Å². The molecule has 2 heterocycles. The topological polar surface area (TPSA) is 79.2 Å². The maximum absolute atomic E-state index is 11.1. The molecule has 4 rings (SSSR count). The van der Waals surface area contributed by atoms with Gasteiger partial charge in [-0.2, -0.15) is 0 Å². The van der Waals surface area contributed by atoms with E-state index in [0.717, 1.165) is 44.9 Å². The monoisotopic (exact) mass is 492 g/mol. The predicted octanol–water partition coefficient (Wildman–Crippen LogP) is 5.54. The molecule has 2 aliphatic heterocycles. The summed E-state index contributed by atoms with van der Waals surface area (Å²) in [5.74, 6) is 1.08. The molecule has 0 aromatic rings. The van der Waals surface area contributed by atoms with Crippen LogP contribution in [-0.4, -0.2) is 56.5 Å². The average Bonchev–Trinajstić information content (AvgIpc) is 3.32. The summed E-state index contributed by atoms with van der Waals surface area (Å²) < 4.78 is 12.7. The Kier molecular flexibility index (Phi) is 7.15. The first-order valence-electron chi connectivity index (χ1n) is 14.1. The van der Waals surface area contributed by atoms with Gasteiger partial charge in [-0.1, -0.05) is 26.0 Å². The Hall–Kier alpha value is -0.460. The molecule has 2 saturated carbocycles. The van der Waals surface area contributed by atoms with Crippen LogP contribution in [0.2, 0.25) is 0 Å². The third-order valence-corrected chi connectivity index (χ3v) is 10.9. The lowest BCUT2D eigenvalue weighted by Crippen LogP contribution is -2.57. The molecule has 202 valence electrons. The van der Waals surface area contributed by atoms with E-state index in [1.54, 1.807) is 13.8 Å². The number of ether oxygens (including phenoxy) is 2. The number of hydrogen-bond donors (Lipinski definition) is 3. The van der Waals surface area contributed by atoms with Crippen LogP contribution >= 0.6 is 0 Å². The minimum atomic E-state index is -0.890. The average molecular weight is 493 g/mol. The molecule has 4 fully saturated rings. The third kappa shape index (κ3) is 4.90. The highest BCUT2D eigenvalue weighted by atomic mass is 16.5. The zero-order valence-electron chi connectivity index (χ0n) is 23.4. The largest absolute Gasteiger partial charge is 0.390 e. The number of aliphatic hydroxyl groups excluding tert-OH is 1.